The molecule has 1 aromatic heterocycles. The molecule has 2 aliphatic rings. The van der Waals surface area contributed by atoms with E-state index in [0.29, 0.717) is 29.6 Å². The highest BCUT2D eigenvalue weighted by molar-refractivity contribution is 7.13. The summed E-state index contributed by atoms with van der Waals surface area (Å²) in [5.74, 6) is -0.786. The summed E-state index contributed by atoms with van der Waals surface area (Å²) >= 11 is 1.44. The molecule has 6 nitrogen and oxygen atoms in total. The first-order chi connectivity index (χ1) is 10.6. The van der Waals surface area contributed by atoms with Gasteiger partial charge in [0.25, 0.3) is 5.91 Å². The number of aliphatic carboxylic acids is 1. The molecule has 1 N–H and O–H groups in total. The van der Waals surface area contributed by atoms with Gasteiger partial charge in [0.15, 0.2) is 6.04 Å². The maximum absolute atomic E-state index is 12.7. The third-order valence-corrected chi connectivity index (χ3v) is 5.69. The average molecular weight is 324 g/mol. The Kier molecular flexibility index (Phi) is 4.44. The standard InChI is InChI=1S/C15H20N2O4S/c1-9-12(22-13(16-9)10-4-2-3-5-10)14(18)17-6-7-21-8-11(17)15(19)20/h10-11H,2-8H2,1H3,(H,19,20)/t11-/m0/s1. The molecular formula is C15H20N2O4S. The van der Waals surface area contributed by atoms with Crippen molar-refractivity contribution in [2.75, 3.05) is 19.8 Å². The van der Waals surface area contributed by atoms with Crippen molar-refractivity contribution in [1.29, 1.82) is 0 Å². The van der Waals surface area contributed by atoms with E-state index in [9.17, 15) is 14.7 Å². The molecule has 1 aliphatic carbocycles. The number of aryl methyl sites for hydroxylation is 1. The van der Waals surface area contributed by atoms with Gasteiger partial charge in [0.2, 0.25) is 0 Å². The van der Waals surface area contributed by atoms with E-state index in [1.165, 1.54) is 29.1 Å². The zero-order valence-corrected chi connectivity index (χ0v) is 13.4. The number of hydrogen-bond acceptors (Lipinski definition) is 5. The quantitative estimate of drug-likeness (QED) is 0.920. The Labute approximate surface area is 133 Å². The van der Waals surface area contributed by atoms with Crippen LogP contribution in [0.4, 0.5) is 0 Å². The molecule has 1 saturated carbocycles. The molecule has 1 aliphatic heterocycles. The Morgan fingerprint density at radius 1 is 1.36 bits per heavy atom. The number of hydrogen-bond donors (Lipinski definition) is 1. The normalized spacial score (nSPS) is 23.0. The molecule has 2 fully saturated rings. The molecule has 2 heterocycles. The van der Waals surface area contributed by atoms with Crippen LogP contribution in [0.1, 0.15) is 52.0 Å². The summed E-state index contributed by atoms with van der Waals surface area (Å²) in [6.45, 7) is 2.57. The summed E-state index contributed by atoms with van der Waals surface area (Å²) in [6, 6.07) is -0.905. The molecule has 0 aromatic carbocycles. The van der Waals surface area contributed by atoms with Crippen LogP contribution in [-0.4, -0.2) is 52.7 Å². The molecule has 120 valence electrons. The van der Waals surface area contributed by atoms with Crippen LogP contribution >= 0.6 is 11.3 Å². The second kappa shape index (κ2) is 6.34. The zero-order valence-electron chi connectivity index (χ0n) is 12.6. The van der Waals surface area contributed by atoms with Crippen molar-refractivity contribution < 1.29 is 19.4 Å². The molecule has 1 amide bonds. The van der Waals surface area contributed by atoms with E-state index in [0.717, 1.165) is 17.8 Å². The molecule has 3 rings (SSSR count). The number of carbonyl (C=O) groups excluding carboxylic acids is 1. The van der Waals surface area contributed by atoms with Gasteiger partial charge in [-0.05, 0) is 19.8 Å². The van der Waals surface area contributed by atoms with E-state index in [4.69, 9.17) is 4.74 Å². The number of ether oxygens (including phenoxy) is 1. The van der Waals surface area contributed by atoms with Gasteiger partial charge < -0.3 is 14.7 Å². The summed E-state index contributed by atoms with van der Waals surface area (Å²) in [7, 11) is 0. The fourth-order valence-corrected chi connectivity index (χ4v) is 4.34. The maximum Gasteiger partial charge on any atom is 0.328 e. The number of thiazole rings is 1. The highest BCUT2D eigenvalue weighted by atomic mass is 32.1. The van der Waals surface area contributed by atoms with Crippen LogP contribution in [0.2, 0.25) is 0 Å². The Bertz CT molecular complexity index is 580. The van der Waals surface area contributed by atoms with E-state index >= 15 is 0 Å². The SMILES string of the molecule is Cc1nc(C2CCCC2)sc1C(=O)N1CCOC[C@H]1C(=O)O. The van der Waals surface area contributed by atoms with Gasteiger partial charge in [0.1, 0.15) is 4.88 Å². The van der Waals surface area contributed by atoms with Crippen LogP contribution in [0.25, 0.3) is 0 Å². The third-order valence-electron chi connectivity index (χ3n) is 4.39. The lowest BCUT2D eigenvalue weighted by molar-refractivity contribution is -0.147. The van der Waals surface area contributed by atoms with Gasteiger partial charge in [-0.3, -0.25) is 4.79 Å². The van der Waals surface area contributed by atoms with E-state index in [1.54, 1.807) is 0 Å². The Hall–Kier alpha value is -1.47. The number of rotatable bonds is 3. The third kappa shape index (κ3) is 2.87. The number of morpholine rings is 1. The van der Waals surface area contributed by atoms with Gasteiger partial charge >= 0.3 is 5.97 Å². The number of aromatic nitrogens is 1. The zero-order chi connectivity index (χ0) is 15.7. The number of nitrogens with zero attached hydrogens (tertiary/aromatic N) is 2. The fourth-order valence-electron chi connectivity index (χ4n) is 3.14. The summed E-state index contributed by atoms with van der Waals surface area (Å²) in [4.78, 5) is 30.6. The predicted octanol–water partition coefficient (Wildman–Crippen LogP) is 2.03. The molecule has 7 heteroatoms. The number of amides is 1. The molecule has 0 bridgehead atoms. The van der Waals surface area contributed by atoms with Crippen molar-refractivity contribution in [1.82, 2.24) is 9.88 Å². The first-order valence-corrected chi connectivity index (χ1v) is 8.48. The number of carbonyl (C=O) groups is 2. The summed E-state index contributed by atoms with van der Waals surface area (Å²) in [5, 5.41) is 10.3. The maximum atomic E-state index is 12.7. The summed E-state index contributed by atoms with van der Waals surface area (Å²) in [6.07, 6.45) is 4.71. The molecule has 1 saturated heterocycles. The lowest BCUT2D eigenvalue weighted by atomic mass is 10.1. The topological polar surface area (TPSA) is 79.7 Å². The minimum absolute atomic E-state index is 0.0500. The van der Waals surface area contributed by atoms with E-state index in [-0.39, 0.29) is 12.5 Å². The Balaban J connectivity index is 1.83. The van der Waals surface area contributed by atoms with Crippen LogP contribution in [0.15, 0.2) is 0 Å². The average Bonchev–Trinajstić information content (AvgIpc) is 3.15. The first-order valence-electron chi connectivity index (χ1n) is 7.66. The van der Waals surface area contributed by atoms with Gasteiger partial charge in [-0.15, -0.1) is 11.3 Å². The summed E-state index contributed by atoms with van der Waals surface area (Å²) in [5.41, 5.74) is 0.715. The minimum atomic E-state index is -1.02. The number of carboxylic acid groups (broad SMARTS) is 1. The van der Waals surface area contributed by atoms with Crippen molar-refractivity contribution in [3.8, 4) is 0 Å². The van der Waals surface area contributed by atoms with Crippen LogP contribution in [0.5, 0.6) is 0 Å². The van der Waals surface area contributed by atoms with E-state index < -0.39 is 12.0 Å². The highest BCUT2D eigenvalue weighted by Gasteiger charge is 2.35. The lowest BCUT2D eigenvalue weighted by Gasteiger charge is -2.32. The molecular weight excluding hydrogens is 304 g/mol. The van der Waals surface area contributed by atoms with Crippen molar-refractivity contribution in [3.63, 3.8) is 0 Å². The minimum Gasteiger partial charge on any atom is -0.480 e. The van der Waals surface area contributed by atoms with Gasteiger partial charge in [-0.25, -0.2) is 9.78 Å². The largest absolute Gasteiger partial charge is 0.480 e. The fraction of sp³-hybridized carbons (Fsp3) is 0.667. The van der Waals surface area contributed by atoms with Crippen molar-refractivity contribution in [3.05, 3.63) is 15.6 Å². The Morgan fingerprint density at radius 2 is 2.09 bits per heavy atom. The van der Waals surface area contributed by atoms with Crippen LogP contribution in [-0.2, 0) is 9.53 Å². The second-order valence-corrected chi connectivity index (χ2v) is 6.91. The molecule has 1 atom stereocenters. The van der Waals surface area contributed by atoms with Gasteiger partial charge in [0, 0.05) is 12.5 Å². The highest BCUT2D eigenvalue weighted by Crippen LogP contribution is 2.37. The molecule has 1 aromatic rings. The van der Waals surface area contributed by atoms with E-state index in [1.807, 2.05) is 6.92 Å². The van der Waals surface area contributed by atoms with Crippen molar-refractivity contribution in [2.24, 2.45) is 0 Å². The van der Waals surface area contributed by atoms with Gasteiger partial charge in [0.05, 0.1) is 23.9 Å². The van der Waals surface area contributed by atoms with Gasteiger partial charge in [-0.1, -0.05) is 12.8 Å². The van der Waals surface area contributed by atoms with Gasteiger partial charge in [-0.2, -0.15) is 0 Å². The smallest absolute Gasteiger partial charge is 0.328 e. The molecule has 22 heavy (non-hydrogen) atoms. The monoisotopic (exact) mass is 324 g/mol. The van der Waals surface area contributed by atoms with E-state index in [2.05, 4.69) is 4.98 Å². The number of carboxylic acids is 1. The van der Waals surface area contributed by atoms with Crippen molar-refractivity contribution in [2.45, 2.75) is 44.6 Å². The Morgan fingerprint density at radius 3 is 2.77 bits per heavy atom. The second-order valence-electron chi connectivity index (χ2n) is 5.88. The van der Waals surface area contributed by atoms with Crippen LogP contribution in [0.3, 0.4) is 0 Å². The lowest BCUT2D eigenvalue weighted by Crippen LogP contribution is -2.52. The molecule has 0 spiro atoms. The van der Waals surface area contributed by atoms with Crippen LogP contribution < -0.4 is 0 Å². The summed E-state index contributed by atoms with van der Waals surface area (Å²) < 4.78 is 5.19. The molecule has 0 unspecified atom stereocenters. The van der Waals surface area contributed by atoms with Crippen LogP contribution in [0, 0.1) is 6.92 Å². The predicted molar refractivity (Wildman–Crippen MR) is 81.3 cm³/mol. The van der Waals surface area contributed by atoms with Crippen molar-refractivity contribution >= 4 is 23.2 Å². The first kappa shape index (κ1) is 15.4. The molecule has 0 radical (unpaired) electrons.